The molecule has 2 aliphatic rings. The van der Waals surface area contributed by atoms with Crippen molar-refractivity contribution >= 4 is 17.8 Å². The molecule has 0 radical (unpaired) electrons. The van der Waals surface area contributed by atoms with E-state index < -0.39 is 0 Å². The molecule has 1 aromatic heterocycles. The van der Waals surface area contributed by atoms with Crippen molar-refractivity contribution in [3.05, 3.63) is 35.9 Å². The van der Waals surface area contributed by atoms with Crippen LogP contribution in [-0.4, -0.2) is 59.1 Å². The fourth-order valence-electron chi connectivity index (χ4n) is 3.52. The first-order valence-electron chi connectivity index (χ1n) is 9.06. The maximum Gasteiger partial charge on any atom is 0.232 e. The van der Waals surface area contributed by atoms with Gasteiger partial charge in [0.2, 0.25) is 17.8 Å². The molecule has 2 saturated heterocycles. The van der Waals surface area contributed by atoms with E-state index >= 15 is 0 Å². The third kappa shape index (κ3) is 3.82. The summed E-state index contributed by atoms with van der Waals surface area (Å²) in [6.45, 7) is 6.83. The largest absolute Gasteiger partial charge is 0.368 e. The van der Waals surface area contributed by atoms with Gasteiger partial charge in [-0.05, 0) is 18.4 Å². The van der Waals surface area contributed by atoms with Gasteiger partial charge in [0.15, 0.2) is 0 Å². The van der Waals surface area contributed by atoms with Crippen LogP contribution in [0.4, 0.5) is 17.8 Å². The van der Waals surface area contributed by atoms with Gasteiger partial charge >= 0.3 is 0 Å². The van der Waals surface area contributed by atoms with Gasteiger partial charge in [-0.15, -0.1) is 0 Å². The standard InChI is InChI=1S/C18H25N7/c19-16-20-17(24-8-4-5-9-24)22-18(21-16)25-12-10-23(11-13-25)14-15-6-2-1-3-7-15/h1-3,6-7H,4-5,8-14H2,(H2,19,20,21,22). The third-order valence-electron chi connectivity index (χ3n) is 4.92. The molecule has 4 rings (SSSR count). The summed E-state index contributed by atoms with van der Waals surface area (Å²) in [5.41, 5.74) is 7.30. The predicted octanol–water partition coefficient (Wildman–Crippen LogP) is 1.38. The number of rotatable bonds is 4. The minimum atomic E-state index is 0.318. The molecular formula is C18H25N7. The Morgan fingerprint density at radius 2 is 1.36 bits per heavy atom. The van der Waals surface area contributed by atoms with E-state index in [9.17, 15) is 0 Å². The molecular weight excluding hydrogens is 314 g/mol. The van der Waals surface area contributed by atoms with Crippen LogP contribution in [0.5, 0.6) is 0 Å². The van der Waals surface area contributed by atoms with E-state index in [-0.39, 0.29) is 0 Å². The van der Waals surface area contributed by atoms with Crippen LogP contribution in [0.25, 0.3) is 0 Å². The van der Waals surface area contributed by atoms with Crippen LogP contribution in [0.15, 0.2) is 30.3 Å². The van der Waals surface area contributed by atoms with Crippen molar-refractivity contribution < 1.29 is 0 Å². The molecule has 25 heavy (non-hydrogen) atoms. The van der Waals surface area contributed by atoms with Crippen molar-refractivity contribution in [2.75, 3.05) is 54.8 Å². The number of hydrogen-bond donors (Lipinski definition) is 1. The van der Waals surface area contributed by atoms with E-state index in [1.807, 2.05) is 0 Å². The number of benzene rings is 1. The summed E-state index contributed by atoms with van der Waals surface area (Å²) in [5, 5.41) is 0. The smallest absolute Gasteiger partial charge is 0.232 e. The number of nitrogen functional groups attached to an aromatic ring is 1. The van der Waals surface area contributed by atoms with Gasteiger partial charge in [0, 0.05) is 45.8 Å². The van der Waals surface area contributed by atoms with Crippen LogP contribution in [0.3, 0.4) is 0 Å². The van der Waals surface area contributed by atoms with Crippen LogP contribution >= 0.6 is 0 Å². The fourth-order valence-corrected chi connectivity index (χ4v) is 3.52. The van der Waals surface area contributed by atoms with Gasteiger partial charge in [0.1, 0.15) is 0 Å². The highest BCUT2D eigenvalue weighted by Crippen LogP contribution is 2.20. The van der Waals surface area contributed by atoms with Crippen molar-refractivity contribution in [3.8, 4) is 0 Å². The number of hydrogen-bond acceptors (Lipinski definition) is 7. The Morgan fingerprint density at radius 3 is 2.00 bits per heavy atom. The third-order valence-corrected chi connectivity index (χ3v) is 4.92. The zero-order valence-corrected chi connectivity index (χ0v) is 14.5. The second-order valence-corrected chi connectivity index (χ2v) is 6.74. The highest BCUT2D eigenvalue weighted by Gasteiger charge is 2.22. The second kappa shape index (κ2) is 7.23. The zero-order chi connectivity index (χ0) is 17.1. The molecule has 0 atom stereocenters. The lowest BCUT2D eigenvalue weighted by Gasteiger charge is -2.35. The quantitative estimate of drug-likeness (QED) is 0.902. The first kappa shape index (κ1) is 16.1. The molecule has 0 spiro atoms. The molecule has 2 aromatic rings. The fraction of sp³-hybridized carbons (Fsp3) is 0.500. The number of piperazine rings is 1. The van der Waals surface area contributed by atoms with Gasteiger partial charge in [-0.2, -0.15) is 15.0 Å². The van der Waals surface area contributed by atoms with E-state index in [1.54, 1.807) is 0 Å². The van der Waals surface area contributed by atoms with Crippen molar-refractivity contribution in [3.63, 3.8) is 0 Å². The molecule has 2 N–H and O–H groups in total. The summed E-state index contributed by atoms with van der Waals surface area (Å²) in [5.74, 6) is 1.76. The van der Waals surface area contributed by atoms with Gasteiger partial charge < -0.3 is 15.5 Å². The van der Waals surface area contributed by atoms with Gasteiger partial charge in [0.25, 0.3) is 0 Å². The second-order valence-electron chi connectivity index (χ2n) is 6.74. The Morgan fingerprint density at radius 1 is 0.760 bits per heavy atom. The van der Waals surface area contributed by atoms with E-state index in [0.29, 0.717) is 11.9 Å². The van der Waals surface area contributed by atoms with E-state index in [1.165, 1.54) is 18.4 Å². The topological polar surface area (TPSA) is 74.4 Å². The maximum absolute atomic E-state index is 5.94. The number of nitrogens with zero attached hydrogens (tertiary/aromatic N) is 6. The van der Waals surface area contributed by atoms with Gasteiger partial charge in [-0.3, -0.25) is 4.90 Å². The summed E-state index contributed by atoms with van der Waals surface area (Å²) >= 11 is 0. The molecule has 0 unspecified atom stereocenters. The minimum Gasteiger partial charge on any atom is -0.368 e. The Kier molecular flexibility index (Phi) is 4.65. The highest BCUT2D eigenvalue weighted by atomic mass is 15.4. The monoisotopic (exact) mass is 339 g/mol. The minimum absolute atomic E-state index is 0.318. The molecule has 132 valence electrons. The number of nitrogens with two attached hydrogens (primary N) is 1. The molecule has 3 heterocycles. The van der Waals surface area contributed by atoms with E-state index in [0.717, 1.165) is 51.8 Å². The number of anilines is 3. The summed E-state index contributed by atoms with van der Waals surface area (Å²) in [6, 6.07) is 10.6. The Balaban J connectivity index is 1.40. The Hall–Kier alpha value is -2.41. The summed E-state index contributed by atoms with van der Waals surface area (Å²) in [6.07, 6.45) is 2.39. The first-order chi connectivity index (χ1) is 12.3. The van der Waals surface area contributed by atoms with Crippen molar-refractivity contribution in [1.82, 2.24) is 19.9 Å². The molecule has 2 aliphatic heterocycles. The van der Waals surface area contributed by atoms with Crippen molar-refractivity contribution in [2.45, 2.75) is 19.4 Å². The van der Waals surface area contributed by atoms with Crippen LogP contribution in [-0.2, 0) is 6.54 Å². The SMILES string of the molecule is Nc1nc(N2CCCC2)nc(N2CCN(Cc3ccccc3)CC2)n1. The molecule has 2 fully saturated rings. The lowest BCUT2D eigenvalue weighted by molar-refractivity contribution is 0.248. The highest BCUT2D eigenvalue weighted by molar-refractivity contribution is 5.44. The number of aromatic nitrogens is 3. The summed E-state index contributed by atoms with van der Waals surface area (Å²) in [7, 11) is 0. The van der Waals surface area contributed by atoms with Crippen LogP contribution in [0.1, 0.15) is 18.4 Å². The summed E-state index contributed by atoms with van der Waals surface area (Å²) in [4.78, 5) is 20.3. The molecule has 0 saturated carbocycles. The van der Waals surface area contributed by atoms with Crippen molar-refractivity contribution in [1.29, 1.82) is 0 Å². The molecule has 0 amide bonds. The van der Waals surface area contributed by atoms with E-state index in [2.05, 4.69) is 60.0 Å². The van der Waals surface area contributed by atoms with Gasteiger partial charge in [-0.25, -0.2) is 0 Å². The van der Waals surface area contributed by atoms with Gasteiger partial charge in [-0.1, -0.05) is 30.3 Å². The molecule has 7 heteroatoms. The molecule has 0 bridgehead atoms. The predicted molar refractivity (Wildman–Crippen MR) is 99.6 cm³/mol. The summed E-state index contributed by atoms with van der Waals surface area (Å²) < 4.78 is 0. The molecule has 0 aliphatic carbocycles. The Labute approximate surface area is 148 Å². The van der Waals surface area contributed by atoms with Gasteiger partial charge in [0.05, 0.1) is 0 Å². The van der Waals surface area contributed by atoms with Crippen molar-refractivity contribution in [2.24, 2.45) is 0 Å². The average Bonchev–Trinajstić information content (AvgIpc) is 3.17. The lowest BCUT2D eigenvalue weighted by atomic mass is 10.2. The molecule has 7 nitrogen and oxygen atoms in total. The molecule has 1 aromatic carbocycles. The maximum atomic E-state index is 5.94. The van der Waals surface area contributed by atoms with E-state index in [4.69, 9.17) is 5.73 Å². The Bertz CT molecular complexity index is 692. The van der Waals surface area contributed by atoms with Crippen LogP contribution in [0.2, 0.25) is 0 Å². The normalized spacial score (nSPS) is 18.7. The lowest BCUT2D eigenvalue weighted by Crippen LogP contribution is -2.46. The first-order valence-corrected chi connectivity index (χ1v) is 9.06. The van der Waals surface area contributed by atoms with Crippen LogP contribution < -0.4 is 15.5 Å². The zero-order valence-electron chi connectivity index (χ0n) is 14.5. The van der Waals surface area contributed by atoms with Crippen LogP contribution in [0, 0.1) is 0 Å². The average molecular weight is 339 g/mol.